The number of aliphatic hydroxyl groups excluding tert-OH is 1. The van der Waals surface area contributed by atoms with Crippen molar-refractivity contribution in [3.8, 4) is 0 Å². The first-order chi connectivity index (χ1) is 18.5. The molecule has 2 aromatic carbocycles. The Hall–Kier alpha value is -2.98. The lowest BCUT2D eigenvalue weighted by Gasteiger charge is -2.52. The van der Waals surface area contributed by atoms with Crippen molar-refractivity contribution in [2.24, 2.45) is 0 Å². The number of nitrogens with zero attached hydrogens (tertiary/aromatic N) is 4. The zero-order valence-corrected chi connectivity index (χ0v) is 22.1. The van der Waals surface area contributed by atoms with E-state index >= 15 is 0 Å². The molecule has 9 heteroatoms. The quantitative estimate of drug-likeness (QED) is 0.569. The fourth-order valence-electron chi connectivity index (χ4n) is 6.53. The summed E-state index contributed by atoms with van der Waals surface area (Å²) in [4.78, 5) is 34.8. The van der Waals surface area contributed by atoms with E-state index in [1.807, 2.05) is 41.3 Å². The number of carbonyl (C=O) groups excluding carboxylic acids is 2. The third-order valence-electron chi connectivity index (χ3n) is 8.30. The Labute approximate surface area is 224 Å². The van der Waals surface area contributed by atoms with Crippen LogP contribution in [0.1, 0.15) is 24.0 Å². The third kappa shape index (κ3) is 5.16. The van der Waals surface area contributed by atoms with E-state index in [1.165, 1.54) is 10.5 Å². The van der Waals surface area contributed by atoms with Crippen LogP contribution < -0.4 is 0 Å². The Balaban J connectivity index is 1.34. The summed E-state index contributed by atoms with van der Waals surface area (Å²) in [6, 6.07) is 20.0. The van der Waals surface area contributed by atoms with Gasteiger partial charge < -0.3 is 19.5 Å². The topological polar surface area (TPSA) is 85.8 Å². The summed E-state index contributed by atoms with van der Waals surface area (Å²) >= 11 is 0. The average Bonchev–Trinajstić information content (AvgIpc) is 3.20. The number of likely N-dealkylation sites (tertiary alicyclic amines) is 1. The van der Waals surface area contributed by atoms with Gasteiger partial charge in [-0.15, -0.1) is 0 Å². The molecule has 1 N–H and O–H groups in total. The molecule has 1 spiro atoms. The monoisotopic (exact) mass is 522 g/mol. The molecule has 3 aliphatic heterocycles. The Morgan fingerprint density at radius 1 is 0.974 bits per heavy atom. The number of benzene rings is 2. The molecule has 1 atom stereocenters. The van der Waals surface area contributed by atoms with E-state index in [1.54, 1.807) is 7.11 Å². The molecule has 3 saturated heterocycles. The second kappa shape index (κ2) is 11.4. The summed E-state index contributed by atoms with van der Waals surface area (Å²) in [5, 5.41) is 10.1. The van der Waals surface area contributed by atoms with Gasteiger partial charge in [0.05, 0.1) is 19.8 Å². The Morgan fingerprint density at radius 2 is 1.63 bits per heavy atom. The number of amides is 2. The van der Waals surface area contributed by atoms with Crippen LogP contribution in [0.3, 0.4) is 0 Å². The van der Waals surface area contributed by atoms with Gasteiger partial charge in [0.15, 0.2) is 0 Å². The summed E-state index contributed by atoms with van der Waals surface area (Å²) < 4.78 is 11.3. The van der Waals surface area contributed by atoms with Gasteiger partial charge in [0.1, 0.15) is 18.8 Å². The molecule has 0 radical (unpaired) electrons. The maximum atomic E-state index is 13.5. The molecule has 3 aliphatic rings. The van der Waals surface area contributed by atoms with Gasteiger partial charge in [-0.3, -0.25) is 19.5 Å². The molecule has 204 valence electrons. The van der Waals surface area contributed by atoms with Crippen LogP contribution in [-0.2, 0) is 27.4 Å². The van der Waals surface area contributed by atoms with E-state index in [4.69, 9.17) is 9.47 Å². The van der Waals surface area contributed by atoms with Crippen molar-refractivity contribution >= 4 is 12.0 Å². The molecular weight excluding hydrogens is 484 g/mol. The van der Waals surface area contributed by atoms with E-state index < -0.39 is 11.8 Å². The minimum atomic E-state index is -0.847. The van der Waals surface area contributed by atoms with Crippen molar-refractivity contribution in [1.82, 2.24) is 19.6 Å². The van der Waals surface area contributed by atoms with Crippen LogP contribution in [0.25, 0.3) is 0 Å². The van der Waals surface area contributed by atoms with Gasteiger partial charge in [-0.25, -0.2) is 4.79 Å². The van der Waals surface area contributed by atoms with Crippen molar-refractivity contribution in [3.05, 3.63) is 71.8 Å². The Morgan fingerprint density at radius 3 is 2.26 bits per heavy atom. The number of β-amino-alcohol motifs (C(OH)–C–C–N with tert-alkyl or cyclic N) is 1. The number of piperazine rings is 1. The minimum absolute atomic E-state index is 0.0255. The van der Waals surface area contributed by atoms with Gasteiger partial charge >= 0.3 is 6.09 Å². The molecule has 2 amide bonds. The summed E-state index contributed by atoms with van der Waals surface area (Å²) in [6.07, 6.45) is 1.22. The first kappa shape index (κ1) is 26.6. The number of ether oxygens (including phenoxy) is 2. The van der Waals surface area contributed by atoms with Crippen molar-refractivity contribution < 1.29 is 24.2 Å². The van der Waals surface area contributed by atoms with Gasteiger partial charge in [0.25, 0.3) is 0 Å². The first-order valence-corrected chi connectivity index (χ1v) is 13.4. The highest BCUT2D eigenvalue weighted by atomic mass is 16.6. The highest BCUT2D eigenvalue weighted by Gasteiger charge is 2.63. The van der Waals surface area contributed by atoms with Crippen LogP contribution in [-0.4, -0.2) is 108 Å². The van der Waals surface area contributed by atoms with Crippen LogP contribution in [0.2, 0.25) is 0 Å². The highest BCUT2D eigenvalue weighted by Crippen LogP contribution is 2.45. The van der Waals surface area contributed by atoms with Crippen LogP contribution in [0, 0.1) is 0 Å². The second-order valence-corrected chi connectivity index (χ2v) is 10.7. The van der Waals surface area contributed by atoms with Crippen molar-refractivity contribution in [2.45, 2.75) is 37.2 Å². The van der Waals surface area contributed by atoms with Gasteiger partial charge in [-0.2, -0.15) is 0 Å². The smallest absolute Gasteiger partial charge is 0.410 e. The number of rotatable bonds is 8. The Kier molecular flexibility index (Phi) is 7.99. The molecule has 3 fully saturated rings. The van der Waals surface area contributed by atoms with Gasteiger partial charge in [0.2, 0.25) is 5.91 Å². The van der Waals surface area contributed by atoms with Gasteiger partial charge in [-0.05, 0) is 24.0 Å². The number of aliphatic hydroxyl groups is 1. The lowest BCUT2D eigenvalue weighted by molar-refractivity contribution is -0.159. The van der Waals surface area contributed by atoms with Crippen molar-refractivity contribution in [3.63, 3.8) is 0 Å². The normalized spacial score (nSPS) is 23.6. The number of hydrogen-bond donors (Lipinski definition) is 1. The molecule has 9 nitrogen and oxygen atoms in total. The maximum absolute atomic E-state index is 13.5. The maximum Gasteiger partial charge on any atom is 0.410 e. The molecule has 0 saturated carbocycles. The molecule has 2 aromatic rings. The van der Waals surface area contributed by atoms with Gasteiger partial charge in [0, 0.05) is 45.4 Å². The molecule has 0 bridgehead atoms. The number of methoxy groups -OCH3 is 1. The number of hydrogen-bond acceptors (Lipinski definition) is 7. The SMILES string of the molecule is COCC12CN(C(=O)OCc3ccccc3)CC(=O)N1CC1(CCN(Cc3ccccc3)CC1)N2CCO. The van der Waals surface area contributed by atoms with Crippen LogP contribution in [0.15, 0.2) is 60.7 Å². The third-order valence-corrected chi connectivity index (χ3v) is 8.30. The fourth-order valence-corrected chi connectivity index (χ4v) is 6.53. The van der Waals surface area contributed by atoms with Crippen LogP contribution in [0.4, 0.5) is 4.79 Å². The van der Waals surface area contributed by atoms with E-state index in [0.29, 0.717) is 13.1 Å². The second-order valence-electron chi connectivity index (χ2n) is 10.7. The number of piperidine rings is 1. The van der Waals surface area contributed by atoms with E-state index in [-0.39, 0.29) is 44.4 Å². The van der Waals surface area contributed by atoms with E-state index in [0.717, 1.165) is 38.0 Å². The number of carbonyl (C=O) groups is 2. The zero-order valence-electron chi connectivity index (χ0n) is 22.1. The predicted octanol–water partition coefficient (Wildman–Crippen LogP) is 2.15. The van der Waals surface area contributed by atoms with Gasteiger partial charge in [-0.1, -0.05) is 60.7 Å². The minimum Gasteiger partial charge on any atom is -0.445 e. The van der Waals surface area contributed by atoms with Crippen LogP contribution >= 0.6 is 0 Å². The van der Waals surface area contributed by atoms with Crippen molar-refractivity contribution in [2.75, 3.05) is 59.6 Å². The average molecular weight is 523 g/mol. The predicted molar refractivity (Wildman–Crippen MR) is 142 cm³/mol. The zero-order chi connectivity index (χ0) is 26.6. The van der Waals surface area contributed by atoms with E-state index in [2.05, 4.69) is 34.1 Å². The largest absolute Gasteiger partial charge is 0.445 e. The molecule has 3 heterocycles. The lowest BCUT2D eigenvalue weighted by atomic mass is 9.85. The molecule has 0 aromatic heterocycles. The van der Waals surface area contributed by atoms with Crippen LogP contribution in [0.5, 0.6) is 0 Å². The summed E-state index contributed by atoms with van der Waals surface area (Å²) in [5.41, 5.74) is 1.05. The Bertz CT molecular complexity index is 1090. The van der Waals surface area contributed by atoms with Crippen molar-refractivity contribution in [1.29, 1.82) is 0 Å². The molecular formula is C29H38N4O5. The molecule has 5 rings (SSSR count). The number of fused-ring (bicyclic) bond motifs is 1. The summed E-state index contributed by atoms with van der Waals surface area (Å²) in [6.45, 7) is 4.25. The molecule has 38 heavy (non-hydrogen) atoms. The summed E-state index contributed by atoms with van der Waals surface area (Å²) in [7, 11) is 1.62. The molecule has 0 aliphatic carbocycles. The highest BCUT2D eigenvalue weighted by molar-refractivity contribution is 5.85. The standard InChI is InChI=1S/C29H38N4O5/c1-37-23-29-22-31(27(36)38-20-25-10-6-3-7-11-25)19-26(35)32(29)21-28(33(29)16-17-34)12-14-30(15-13-28)18-24-8-4-2-5-9-24/h2-11,34H,12-23H2,1H3. The first-order valence-electron chi connectivity index (χ1n) is 13.4. The van der Waals surface area contributed by atoms with E-state index in [9.17, 15) is 14.7 Å². The molecule has 1 unspecified atom stereocenters. The summed E-state index contributed by atoms with van der Waals surface area (Å²) in [5.74, 6) is -0.114. The lowest BCUT2D eigenvalue weighted by Crippen LogP contribution is -2.71. The fraction of sp³-hybridized carbons (Fsp3) is 0.517.